The lowest BCUT2D eigenvalue weighted by atomic mass is 10.0. The number of rotatable bonds is 7. The molecular formula is C21H20N2O7S2. The van der Waals surface area contributed by atoms with Crippen molar-refractivity contribution in [1.29, 1.82) is 0 Å². The molecular weight excluding hydrogens is 456 g/mol. The molecule has 1 aromatic carbocycles. The van der Waals surface area contributed by atoms with E-state index in [1.165, 1.54) is 18.4 Å². The molecule has 4 rings (SSSR count). The quantitative estimate of drug-likeness (QED) is 0.349. The summed E-state index contributed by atoms with van der Waals surface area (Å²) in [5, 5.41) is 13.7. The standard InChI is InChI=1S/C21H20N2O7S2/c1-29-13-6-4-12(5-7-13)10-30-21(27)18-15(24)11-32(28)20-17(19(26)23(18)20)22-16(25)9-14-3-2-8-31-14/h2-8,17,20,24H,9-11H2,1H3,(H,22,25)/t17?,20-,32?/m0/s1. The zero-order valence-electron chi connectivity index (χ0n) is 17.0. The third-order valence-electron chi connectivity index (χ3n) is 5.06. The first-order chi connectivity index (χ1) is 15.4. The van der Waals surface area contributed by atoms with Gasteiger partial charge in [0.2, 0.25) is 11.3 Å². The number of aliphatic hydroxyl groups is 1. The number of carbonyl (C=O) groups is 3. The van der Waals surface area contributed by atoms with Crippen LogP contribution in [0.15, 0.2) is 53.2 Å². The Labute approximate surface area is 190 Å². The van der Waals surface area contributed by atoms with Gasteiger partial charge in [-0.15, -0.1) is 11.3 Å². The third-order valence-corrected chi connectivity index (χ3v) is 7.52. The lowest BCUT2D eigenvalue weighted by molar-refractivity contribution is -0.154. The molecule has 1 fully saturated rings. The number of benzene rings is 1. The van der Waals surface area contributed by atoms with Gasteiger partial charge in [-0.05, 0) is 40.3 Å². The van der Waals surface area contributed by atoms with Crippen LogP contribution in [0.25, 0.3) is 0 Å². The molecule has 0 saturated carbocycles. The van der Waals surface area contributed by atoms with Crippen LogP contribution in [0.1, 0.15) is 10.4 Å². The Morgan fingerprint density at radius 3 is 2.72 bits per heavy atom. The molecule has 0 spiro atoms. The first-order valence-electron chi connectivity index (χ1n) is 9.63. The van der Waals surface area contributed by atoms with Crippen molar-refractivity contribution in [3.8, 4) is 5.75 Å². The number of thiophene rings is 1. The zero-order chi connectivity index (χ0) is 22.8. The summed E-state index contributed by atoms with van der Waals surface area (Å²) in [4.78, 5) is 39.4. The van der Waals surface area contributed by atoms with Crippen molar-refractivity contribution in [1.82, 2.24) is 10.2 Å². The minimum atomic E-state index is -1.68. The summed E-state index contributed by atoms with van der Waals surface area (Å²) in [5.41, 5.74) is 0.348. The SMILES string of the molecule is COc1ccc(COC(=O)C2=C(O)C[S+]([O-])[C@H]3C(NC(=O)Cc4cccs4)C(=O)N23)cc1. The molecule has 2 aliphatic rings. The van der Waals surface area contributed by atoms with E-state index in [-0.39, 0.29) is 30.4 Å². The summed E-state index contributed by atoms with van der Waals surface area (Å²) in [7, 11) is 1.54. The van der Waals surface area contributed by atoms with Crippen LogP contribution in [0.3, 0.4) is 0 Å². The predicted octanol–water partition coefficient (Wildman–Crippen LogP) is 1.23. The minimum Gasteiger partial charge on any atom is -0.614 e. The normalized spacial score (nSPS) is 22.1. The van der Waals surface area contributed by atoms with Crippen LogP contribution in [0.2, 0.25) is 0 Å². The van der Waals surface area contributed by atoms with E-state index in [1.54, 1.807) is 30.3 Å². The Morgan fingerprint density at radius 2 is 2.06 bits per heavy atom. The number of esters is 1. The number of carbonyl (C=O) groups excluding carboxylic acids is 3. The highest BCUT2D eigenvalue weighted by Crippen LogP contribution is 2.36. The number of methoxy groups -OCH3 is 1. The molecule has 3 atom stereocenters. The summed E-state index contributed by atoms with van der Waals surface area (Å²) < 4.78 is 22.9. The Morgan fingerprint density at radius 1 is 1.31 bits per heavy atom. The highest BCUT2D eigenvalue weighted by molar-refractivity contribution is 7.92. The Kier molecular flexibility index (Phi) is 6.40. The summed E-state index contributed by atoms with van der Waals surface area (Å²) in [6, 6.07) is 9.44. The zero-order valence-corrected chi connectivity index (χ0v) is 18.6. The van der Waals surface area contributed by atoms with Crippen molar-refractivity contribution in [2.45, 2.75) is 24.4 Å². The van der Waals surface area contributed by atoms with Gasteiger partial charge in [0, 0.05) is 4.88 Å². The molecule has 3 heterocycles. The molecule has 32 heavy (non-hydrogen) atoms. The number of amides is 2. The van der Waals surface area contributed by atoms with E-state index in [9.17, 15) is 24.0 Å². The van der Waals surface area contributed by atoms with Gasteiger partial charge in [-0.3, -0.25) is 14.5 Å². The number of aliphatic hydroxyl groups excluding tert-OH is 1. The van der Waals surface area contributed by atoms with Crippen LogP contribution >= 0.6 is 11.3 Å². The number of nitrogens with zero attached hydrogens (tertiary/aromatic N) is 1. The number of fused-ring (bicyclic) bond motifs is 1. The second kappa shape index (κ2) is 9.23. The van der Waals surface area contributed by atoms with E-state index >= 15 is 0 Å². The molecule has 9 nitrogen and oxygen atoms in total. The monoisotopic (exact) mass is 476 g/mol. The summed E-state index contributed by atoms with van der Waals surface area (Å²) >= 11 is -0.268. The predicted molar refractivity (Wildman–Crippen MR) is 116 cm³/mol. The van der Waals surface area contributed by atoms with E-state index in [2.05, 4.69) is 5.32 Å². The van der Waals surface area contributed by atoms with Crippen LogP contribution in [-0.2, 0) is 43.3 Å². The fourth-order valence-electron chi connectivity index (χ4n) is 3.48. The van der Waals surface area contributed by atoms with E-state index in [4.69, 9.17) is 9.47 Å². The van der Waals surface area contributed by atoms with E-state index < -0.39 is 40.2 Å². The third kappa shape index (κ3) is 4.31. The molecule has 11 heteroatoms. The number of hydrogen-bond donors (Lipinski definition) is 2. The summed E-state index contributed by atoms with van der Waals surface area (Å²) in [5.74, 6) is -2.04. The molecule has 0 bridgehead atoms. The fraction of sp³-hybridized carbons (Fsp3) is 0.286. The van der Waals surface area contributed by atoms with Gasteiger partial charge >= 0.3 is 5.97 Å². The van der Waals surface area contributed by atoms with Crippen LogP contribution in [0.4, 0.5) is 0 Å². The van der Waals surface area contributed by atoms with Gasteiger partial charge in [0.25, 0.3) is 5.91 Å². The number of hydrogen-bond acceptors (Lipinski definition) is 8. The van der Waals surface area contributed by atoms with Gasteiger partial charge in [-0.25, -0.2) is 4.79 Å². The summed E-state index contributed by atoms with van der Waals surface area (Å²) in [6.07, 6.45) is 0.0959. The van der Waals surface area contributed by atoms with Crippen LogP contribution in [0.5, 0.6) is 5.75 Å². The molecule has 2 aromatic rings. The van der Waals surface area contributed by atoms with Crippen molar-refractivity contribution in [2.24, 2.45) is 0 Å². The smallest absolute Gasteiger partial charge is 0.359 e. The average Bonchev–Trinajstić information content (AvgIpc) is 3.29. The number of β-lactam (4-membered cyclic amide) rings is 1. The van der Waals surface area contributed by atoms with Crippen molar-refractivity contribution in [3.05, 3.63) is 63.7 Å². The maximum absolute atomic E-state index is 12.7. The van der Waals surface area contributed by atoms with E-state index in [1.807, 2.05) is 11.4 Å². The van der Waals surface area contributed by atoms with Crippen molar-refractivity contribution >= 4 is 40.3 Å². The molecule has 1 saturated heterocycles. The lowest BCUT2D eigenvalue weighted by Crippen LogP contribution is -2.74. The van der Waals surface area contributed by atoms with Crippen LogP contribution in [-0.4, -0.2) is 56.6 Å². The van der Waals surface area contributed by atoms with Gasteiger partial charge in [0.05, 0.1) is 13.5 Å². The Hall–Kier alpha value is -3.02. The largest absolute Gasteiger partial charge is 0.614 e. The molecule has 2 amide bonds. The molecule has 0 aliphatic carbocycles. The van der Waals surface area contributed by atoms with Gasteiger partial charge < -0.3 is 24.4 Å². The second-order valence-corrected chi connectivity index (χ2v) is 9.71. The first kappa shape index (κ1) is 22.2. The number of ether oxygens (including phenoxy) is 2. The lowest BCUT2D eigenvalue weighted by Gasteiger charge is -2.48. The molecule has 168 valence electrons. The van der Waals surface area contributed by atoms with Gasteiger partial charge in [0.15, 0.2) is 23.3 Å². The van der Waals surface area contributed by atoms with E-state index in [0.717, 1.165) is 9.78 Å². The topological polar surface area (TPSA) is 128 Å². The fourth-order valence-corrected chi connectivity index (χ4v) is 5.70. The van der Waals surface area contributed by atoms with Crippen molar-refractivity contribution < 1.29 is 33.5 Å². The van der Waals surface area contributed by atoms with Gasteiger partial charge in [-0.2, -0.15) is 0 Å². The maximum atomic E-state index is 12.7. The van der Waals surface area contributed by atoms with Crippen molar-refractivity contribution in [2.75, 3.05) is 12.9 Å². The van der Waals surface area contributed by atoms with Crippen LogP contribution < -0.4 is 10.1 Å². The minimum absolute atomic E-state index is 0.0869. The van der Waals surface area contributed by atoms with Crippen molar-refractivity contribution in [3.63, 3.8) is 0 Å². The first-order valence-corrected chi connectivity index (χ1v) is 11.9. The Balaban J connectivity index is 1.42. The highest BCUT2D eigenvalue weighted by atomic mass is 32.2. The molecule has 1 aromatic heterocycles. The molecule has 2 N–H and O–H groups in total. The average molecular weight is 477 g/mol. The van der Waals surface area contributed by atoms with E-state index in [0.29, 0.717) is 11.3 Å². The Bertz CT molecular complexity index is 1050. The maximum Gasteiger partial charge on any atom is 0.359 e. The summed E-state index contributed by atoms with van der Waals surface area (Å²) in [6.45, 7) is -0.0869. The molecule has 2 aliphatic heterocycles. The van der Waals surface area contributed by atoms with Gasteiger partial charge in [-0.1, -0.05) is 18.2 Å². The number of nitrogens with one attached hydrogen (secondary N) is 1. The molecule has 0 radical (unpaired) electrons. The second-order valence-electron chi connectivity index (χ2n) is 7.14. The van der Waals surface area contributed by atoms with Gasteiger partial charge in [0.1, 0.15) is 12.4 Å². The highest BCUT2D eigenvalue weighted by Gasteiger charge is 2.61. The van der Waals surface area contributed by atoms with Crippen LogP contribution in [0, 0.1) is 0 Å². The molecule has 2 unspecified atom stereocenters.